The van der Waals surface area contributed by atoms with Crippen LogP contribution >= 0.6 is 0 Å². The second-order valence-electron chi connectivity index (χ2n) is 5.61. The summed E-state index contributed by atoms with van der Waals surface area (Å²) in [6, 6.07) is 12.8. The summed E-state index contributed by atoms with van der Waals surface area (Å²) in [4.78, 5) is 12.0. The Morgan fingerprint density at radius 1 is 1.21 bits per heavy atom. The summed E-state index contributed by atoms with van der Waals surface area (Å²) in [5.41, 5.74) is -0.0457. The Labute approximate surface area is 140 Å². The van der Waals surface area contributed by atoms with Crippen LogP contribution in [-0.4, -0.2) is 31.2 Å². The fourth-order valence-corrected chi connectivity index (χ4v) is 2.21. The Kier molecular flexibility index (Phi) is 5.76. The van der Waals surface area contributed by atoms with E-state index >= 15 is 0 Å². The van der Waals surface area contributed by atoms with Crippen LogP contribution in [0.15, 0.2) is 48.5 Å². The average Bonchev–Trinajstić information content (AvgIpc) is 2.59. The van der Waals surface area contributed by atoms with E-state index in [-0.39, 0.29) is 24.8 Å². The largest absolute Gasteiger partial charge is 0.495 e. The quantitative estimate of drug-likeness (QED) is 0.727. The van der Waals surface area contributed by atoms with Crippen molar-refractivity contribution in [3.05, 3.63) is 59.9 Å². The van der Waals surface area contributed by atoms with Crippen molar-refractivity contribution in [1.29, 1.82) is 0 Å². The number of hydrogen-bond donors (Lipinski definition) is 3. The fraction of sp³-hybridized carbons (Fsp3) is 0.278. The zero-order valence-electron chi connectivity index (χ0n) is 13.7. The summed E-state index contributed by atoms with van der Waals surface area (Å²) in [7, 11) is 1.56. The second-order valence-corrected chi connectivity index (χ2v) is 5.61. The molecule has 0 aliphatic rings. The van der Waals surface area contributed by atoms with Gasteiger partial charge in [0.25, 0.3) is 0 Å². The van der Waals surface area contributed by atoms with E-state index in [1.165, 1.54) is 24.3 Å². The zero-order chi connectivity index (χ0) is 17.6. The van der Waals surface area contributed by atoms with Crippen molar-refractivity contribution in [3.63, 3.8) is 0 Å². The lowest BCUT2D eigenvalue weighted by atomic mass is 9.96. The van der Waals surface area contributed by atoms with Gasteiger partial charge in [-0.25, -0.2) is 4.39 Å². The molecule has 24 heavy (non-hydrogen) atoms. The SMILES string of the molecule is COc1ccccc1NCC(=O)NCC(C)(O)c1ccc(F)cc1. The first-order valence-electron chi connectivity index (χ1n) is 7.54. The van der Waals surface area contributed by atoms with E-state index in [1.54, 1.807) is 26.2 Å². The highest BCUT2D eigenvalue weighted by atomic mass is 19.1. The molecule has 0 fully saturated rings. The third-order valence-electron chi connectivity index (χ3n) is 3.64. The Bertz CT molecular complexity index is 687. The summed E-state index contributed by atoms with van der Waals surface area (Å²) < 4.78 is 18.1. The third kappa shape index (κ3) is 4.70. The maximum Gasteiger partial charge on any atom is 0.239 e. The predicted octanol–water partition coefficient (Wildman–Crippen LogP) is 2.27. The number of ether oxygens (including phenoxy) is 1. The van der Waals surface area contributed by atoms with E-state index < -0.39 is 5.60 Å². The summed E-state index contributed by atoms with van der Waals surface area (Å²) in [6.45, 7) is 1.62. The number of nitrogens with one attached hydrogen (secondary N) is 2. The topological polar surface area (TPSA) is 70.6 Å². The van der Waals surface area contributed by atoms with Crippen molar-refractivity contribution >= 4 is 11.6 Å². The molecule has 0 aromatic heterocycles. The summed E-state index contributed by atoms with van der Waals surface area (Å²) >= 11 is 0. The van der Waals surface area contributed by atoms with E-state index in [1.807, 2.05) is 12.1 Å². The molecule has 1 amide bonds. The van der Waals surface area contributed by atoms with Crippen molar-refractivity contribution in [1.82, 2.24) is 5.32 Å². The van der Waals surface area contributed by atoms with Crippen LogP contribution in [0.3, 0.4) is 0 Å². The Balaban J connectivity index is 1.87. The van der Waals surface area contributed by atoms with Crippen LogP contribution in [0.25, 0.3) is 0 Å². The number of hydrogen-bond acceptors (Lipinski definition) is 4. The lowest BCUT2D eigenvalue weighted by Gasteiger charge is -2.24. The number of halogens is 1. The molecule has 0 spiro atoms. The van der Waals surface area contributed by atoms with Gasteiger partial charge in [0.2, 0.25) is 5.91 Å². The van der Waals surface area contributed by atoms with Crippen molar-refractivity contribution < 1.29 is 19.0 Å². The molecule has 1 atom stereocenters. The van der Waals surface area contributed by atoms with Crippen LogP contribution in [0.2, 0.25) is 0 Å². The normalized spacial score (nSPS) is 13.0. The number of benzene rings is 2. The molecule has 1 unspecified atom stereocenters. The number of aliphatic hydroxyl groups is 1. The smallest absolute Gasteiger partial charge is 0.239 e. The van der Waals surface area contributed by atoms with Gasteiger partial charge in [-0.1, -0.05) is 24.3 Å². The van der Waals surface area contributed by atoms with Gasteiger partial charge in [-0.05, 0) is 36.8 Å². The number of carbonyl (C=O) groups is 1. The van der Waals surface area contributed by atoms with Crippen molar-refractivity contribution in [2.45, 2.75) is 12.5 Å². The van der Waals surface area contributed by atoms with Gasteiger partial charge in [-0.15, -0.1) is 0 Å². The van der Waals surface area contributed by atoms with Gasteiger partial charge < -0.3 is 20.5 Å². The minimum atomic E-state index is -1.28. The van der Waals surface area contributed by atoms with Gasteiger partial charge >= 0.3 is 0 Å². The second kappa shape index (κ2) is 7.79. The van der Waals surface area contributed by atoms with Crippen LogP contribution < -0.4 is 15.4 Å². The molecule has 6 heteroatoms. The minimum Gasteiger partial charge on any atom is -0.495 e. The highest BCUT2D eigenvalue weighted by Gasteiger charge is 2.23. The van der Waals surface area contributed by atoms with E-state index in [0.29, 0.717) is 17.0 Å². The van der Waals surface area contributed by atoms with Crippen LogP contribution in [0.5, 0.6) is 5.75 Å². The zero-order valence-corrected chi connectivity index (χ0v) is 13.7. The van der Waals surface area contributed by atoms with Gasteiger partial charge in [0.05, 0.1) is 25.9 Å². The third-order valence-corrected chi connectivity index (χ3v) is 3.64. The van der Waals surface area contributed by atoms with E-state index in [9.17, 15) is 14.3 Å². The Morgan fingerprint density at radius 3 is 2.54 bits per heavy atom. The molecular formula is C18H21FN2O3. The number of para-hydroxylation sites is 2. The standard InChI is InChI=1S/C18H21FN2O3/c1-18(23,13-7-9-14(19)10-8-13)12-21-17(22)11-20-15-5-3-4-6-16(15)24-2/h3-10,20,23H,11-12H2,1-2H3,(H,21,22). The van der Waals surface area contributed by atoms with Gasteiger partial charge in [-0.3, -0.25) is 4.79 Å². The van der Waals surface area contributed by atoms with Crippen molar-refractivity contribution in [3.8, 4) is 5.75 Å². The van der Waals surface area contributed by atoms with Crippen LogP contribution in [0.1, 0.15) is 12.5 Å². The molecule has 0 saturated heterocycles. The number of carbonyl (C=O) groups excluding carboxylic acids is 1. The molecule has 2 aromatic rings. The first kappa shape index (κ1) is 17.7. The van der Waals surface area contributed by atoms with E-state index in [2.05, 4.69) is 10.6 Å². The highest BCUT2D eigenvalue weighted by molar-refractivity contribution is 5.81. The molecule has 0 bridgehead atoms. The van der Waals surface area contributed by atoms with Crippen LogP contribution in [-0.2, 0) is 10.4 Å². The lowest BCUT2D eigenvalue weighted by Crippen LogP contribution is -2.40. The van der Waals surface area contributed by atoms with E-state index in [4.69, 9.17) is 4.74 Å². The molecule has 3 N–H and O–H groups in total. The van der Waals surface area contributed by atoms with E-state index in [0.717, 1.165) is 0 Å². The summed E-state index contributed by atoms with van der Waals surface area (Å²) in [5.74, 6) is -0.00787. The monoisotopic (exact) mass is 332 g/mol. The number of amides is 1. The predicted molar refractivity (Wildman–Crippen MR) is 90.5 cm³/mol. The molecule has 0 heterocycles. The van der Waals surface area contributed by atoms with Gasteiger partial charge in [0, 0.05) is 0 Å². The molecule has 0 radical (unpaired) electrons. The van der Waals surface area contributed by atoms with Gasteiger partial charge in [0.15, 0.2) is 0 Å². The maximum atomic E-state index is 12.9. The Morgan fingerprint density at radius 2 is 1.88 bits per heavy atom. The minimum absolute atomic E-state index is 0.0189. The fourth-order valence-electron chi connectivity index (χ4n) is 2.21. The summed E-state index contributed by atoms with van der Waals surface area (Å²) in [5, 5.41) is 16.1. The molecule has 128 valence electrons. The first-order valence-corrected chi connectivity index (χ1v) is 7.54. The molecule has 0 saturated carbocycles. The average molecular weight is 332 g/mol. The van der Waals surface area contributed by atoms with Crippen molar-refractivity contribution in [2.75, 3.05) is 25.5 Å². The number of rotatable bonds is 7. The number of methoxy groups -OCH3 is 1. The van der Waals surface area contributed by atoms with Crippen molar-refractivity contribution in [2.24, 2.45) is 0 Å². The Hall–Kier alpha value is -2.60. The highest BCUT2D eigenvalue weighted by Crippen LogP contribution is 2.22. The maximum absolute atomic E-state index is 12.9. The lowest BCUT2D eigenvalue weighted by molar-refractivity contribution is -0.120. The molecule has 2 rings (SSSR count). The molecular weight excluding hydrogens is 311 g/mol. The van der Waals surface area contributed by atoms with Crippen LogP contribution in [0, 0.1) is 5.82 Å². The summed E-state index contributed by atoms with van der Waals surface area (Å²) in [6.07, 6.45) is 0. The molecule has 0 aliphatic heterocycles. The molecule has 2 aromatic carbocycles. The van der Waals surface area contributed by atoms with Crippen LogP contribution in [0.4, 0.5) is 10.1 Å². The number of anilines is 1. The van der Waals surface area contributed by atoms with Gasteiger partial charge in [-0.2, -0.15) is 0 Å². The molecule has 5 nitrogen and oxygen atoms in total. The molecule has 0 aliphatic carbocycles. The van der Waals surface area contributed by atoms with Gasteiger partial charge in [0.1, 0.15) is 17.2 Å². The first-order chi connectivity index (χ1) is 11.4.